The average molecular weight is 149 g/mol. The second-order valence-electron chi connectivity index (χ2n) is 0.402. The van der Waals surface area contributed by atoms with Gasteiger partial charge in [0.2, 0.25) is 0 Å². The number of hydrogen-bond acceptors (Lipinski definition) is 1. The van der Waals surface area contributed by atoms with Gasteiger partial charge in [-0.1, -0.05) is 0 Å². The van der Waals surface area contributed by atoms with Crippen LogP contribution in [0.25, 0.3) is 0 Å². The molecule has 0 aromatic carbocycles. The molecule has 0 saturated carbocycles. The Morgan fingerprint density at radius 3 is 1.40 bits per heavy atom. The second-order valence-corrected chi connectivity index (χ2v) is 0.874. The standard InChI is InChI=1S/CH4N2S.Ga.3H/c2-1(3)4;;;;/h(H4,2,3,4);;;;. The Bertz CT molecular complexity index is 32.6. The van der Waals surface area contributed by atoms with Gasteiger partial charge in [0.1, 0.15) is 0 Å². The van der Waals surface area contributed by atoms with Gasteiger partial charge < -0.3 is 11.5 Å². The van der Waals surface area contributed by atoms with Crippen LogP contribution in [0.5, 0.6) is 0 Å². The van der Waals surface area contributed by atoms with Crippen LogP contribution in [-0.2, 0) is 0 Å². The van der Waals surface area contributed by atoms with Crippen molar-refractivity contribution in [2.75, 3.05) is 0 Å². The van der Waals surface area contributed by atoms with Crippen molar-refractivity contribution in [2.24, 2.45) is 11.5 Å². The topological polar surface area (TPSA) is 52.0 Å². The molecule has 4 N–H and O–H groups in total. The maximum atomic E-state index is 4.62. The molecule has 2 nitrogen and oxygen atoms in total. The molecule has 0 aliphatic rings. The predicted molar refractivity (Wildman–Crippen MR) is 30.9 cm³/mol. The zero-order valence-corrected chi connectivity index (χ0v) is 2.88. The zero-order chi connectivity index (χ0) is 3.58. The van der Waals surface area contributed by atoms with Crippen molar-refractivity contribution in [1.82, 2.24) is 0 Å². The minimum atomic E-state index is 0. The fourth-order valence-electron chi connectivity index (χ4n) is 0. The first-order valence-corrected chi connectivity index (χ1v) is 1.19. The Labute approximate surface area is 49.0 Å². The van der Waals surface area contributed by atoms with E-state index in [1.165, 1.54) is 0 Å². The summed E-state index contributed by atoms with van der Waals surface area (Å²) < 4.78 is 0. The SMILES string of the molecule is NC(N)=S.[GaH3]. The first-order chi connectivity index (χ1) is 1.73. The molecule has 0 aliphatic carbocycles. The van der Waals surface area contributed by atoms with E-state index in [1.54, 1.807) is 0 Å². The van der Waals surface area contributed by atoms with Gasteiger partial charge in [-0.15, -0.1) is 0 Å². The molecule has 0 rings (SSSR count). The molecule has 5 heavy (non-hydrogen) atoms. The van der Waals surface area contributed by atoms with Crippen molar-refractivity contribution in [3.8, 4) is 0 Å². The van der Waals surface area contributed by atoms with E-state index in [0.717, 1.165) is 0 Å². The Morgan fingerprint density at radius 2 is 1.40 bits per heavy atom. The van der Waals surface area contributed by atoms with Crippen LogP contribution in [0, 0.1) is 0 Å². The number of hydrogen-bond donors (Lipinski definition) is 2. The molecular formula is CH7GaN2S. The predicted octanol–water partition coefficient (Wildman–Crippen LogP) is -2.00. The van der Waals surface area contributed by atoms with Gasteiger partial charge >= 0.3 is 19.8 Å². The third-order valence-electron chi connectivity index (χ3n) is 0. The van der Waals surface area contributed by atoms with Gasteiger partial charge in [0.05, 0.1) is 0 Å². The van der Waals surface area contributed by atoms with E-state index in [9.17, 15) is 0 Å². The molecule has 0 radical (unpaired) electrons. The molecule has 0 fully saturated rings. The van der Waals surface area contributed by atoms with Gasteiger partial charge in [0, 0.05) is 0 Å². The molecule has 0 aromatic heterocycles. The molecule has 0 atom stereocenters. The Kier molecular flexibility index (Phi) is 7.80. The van der Waals surface area contributed by atoms with E-state index in [2.05, 4.69) is 23.7 Å². The molecule has 0 unspecified atom stereocenters. The third kappa shape index (κ3) is 220. The fourth-order valence-corrected chi connectivity index (χ4v) is 0. The van der Waals surface area contributed by atoms with Gasteiger partial charge in [-0.05, 0) is 12.2 Å². The average Bonchev–Trinajstić information content (AvgIpc) is 0.811. The van der Waals surface area contributed by atoms with Crippen molar-refractivity contribution in [3.63, 3.8) is 0 Å². The van der Waals surface area contributed by atoms with Crippen molar-refractivity contribution in [2.45, 2.75) is 0 Å². The summed E-state index contributed by atoms with van der Waals surface area (Å²) in [5.41, 5.74) is 9.24. The van der Waals surface area contributed by atoms with Crippen molar-refractivity contribution >= 4 is 37.1 Å². The molecular weight excluding hydrogens is 142 g/mol. The van der Waals surface area contributed by atoms with E-state index in [4.69, 9.17) is 0 Å². The van der Waals surface area contributed by atoms with Crippen LogP contribution in [0.2, 0.25) is 0 Å². The number of nitrogens with two attached hydrogens (primary N) is 2. The molecule has 0 bridgehead atoms. The van der Waals surface area contributed by atoms with Crippen molar-refractivity contribution in [1.29, 1.82) is 0 Å². The van der Waals surface area contributed by atoms with E-state index < -0.39 is 0 Å². The zero-order valence-electron chi connectivity index (χ0n) is 2.06. The molecule has 0 spiro atoms. The summed E-state index contributed by atoms with van der Waals surface area (Å²) in [6.45, 7) is 0. The number of thiocarbonyl (C=S) groups is 1. The molecule has 30 valence electrons. The summed E-state index contributed by atoms with van der Waals surface area (Å²) in [6.07, 6.45) is 0. The van der Waals surface area contributed by atoms with Crippen LogP contribution in [-0.4, -0.2) is 24.9 Å². The fraction of sp³-hybridized carbons (Fsp3) is 0. The molecule has 0 aromatic rings. The monoisotopic (exact) mass is 148 g/mol. The summed E-state index contributed by atoms with van der Waals surface area (Å²) >= 11 is 4.09. The quantitative estimate of drug-likeness (QED) is 0.309. The summed E-state index contributed by atoms with van der Waals surface area (Å²) in [7, 11) is 0. The molecule has 0 heterocycles. The molecule has 0 amide bonds. The van der Waals surface area contributed by atoms with Crippen LogP contribution < -0.4 is 11.5 Å². The first-order valence-electron chi connectivity index (χ1n) is 0.781. The second kappa shape index (κ2) is 4.33. The van der Waals surface area contributed by atoms with E-state index in [-0.39, 0.29) is 24.9 Å². The normalized spacial score (nSPS) is 4.80. The van der Waals surface area contributed by atoms with E-state index in [0.29, 0.717) is 0 Å². The van der Waals surface area contributed by atoms with Crippen LogP contribution in [0.1, 0.15) is 0 Å². The molecule has 0 saturated heterocycles. The van der Waals surface area contributed by atoms with Gasteiger partial charge in [0.15, 0.2) is 5.11 Å². The van der Waals surface area contributed by atoms with E-state index in [1.807, 2.05) is 0 Å². The summed E-state index contributed by atoms with van der Waals surface area (Å²) in [4.78, 5) is 0. The van der Waals surface area contributed by atoms with Gasteiger partial charge in [-0.25, -0.2) is 0 Å². The van der Waals surface area contributed by atoms with Crippen LogP contribution in [0.15, 0.2) is 0 Å². The Hall–Kier alpha value is 0.326. The van der Waals surface area contributed by atoms with Crippen molar-refractivity contribution < 1.29 is 0 Å². The Balaban J connectivity index is 0. The third-order valence-corrected chi connectivity index (χ3v) is 0. The van der Waals surface area contributed by atoms with Gasteiger partial charge in [0.25, 0.3) is 0 Å². The van der Waals surface area contributed by atoms with Crippen LogP contribution in [0.4, 0.5) is 0 Å². The number of rotatable bonds is 0. The maximum absolute atomic E-state index is 4.62. The molecule has 4 heteroatoms. The van der Waals surface area contributed by atoms with Crippen LogP contribution >= 0.6 is 12.2 Å². The van der Waals surface area contributed by atoms with E-state index >= 15 is 0 Å². The first kappa shape index (κ1) is 9.01. The molecule has 0 aliphatic heterocycles. The van der Waals surface area contributed by atoms with Crippen LogP contribution in [0.3, 0.4) is 0 Å². The summed E-state index contributed by atoms with van der Waals surface area (Å²) in [5, 5.41) is 0.000000000000000222. The van der Waals surface area contributed by atoms with Gasteiger partial charge in [-0.3, -0.25) is 0 Å². The summed E-state index contributed by atoms with van der Waals surface area (Å²) in [5.74, 6) is 0. The summed E-state index contributed by atoms with van der Waals surface area (Å²) in [6, 6.07) is 0. The minimum absolute atomic E-state index is 0. The van der Waals surface area contributed by atoms with Gasteiger partial charge in [-0.2, -0.15) is 0 Å². The Morgan fingerprint density at radius 1 is 1.40 bits per heavy atom. The van der Waals surface area contributed by atoms with Crippen molar-refractivity contribution in [3.05, 3.63) is 0 Å².